The first-order chi connectivity index (χ1) is 8.16. The van der Waals surface area contributed by atoms with E-state index in [-0.39, 0.29) is 12.4 Å². The highest BCUT2D eigenvalue weighted by Gasteiger charge is 2.15. The highest BCUT2D eigenvalue weighted by molar-refractivity contribution is 6.43. The fraction of sp³-hybridized carbons (Fsp3) is 0.500. The molecular formula is C12H15Cl4NO. The quantitative estimate of drug-likeness (QED) is 0.827. The molecule has 2 nitrogen and oxygen atoms in total. The van der Waals surface area contributed by atoms with Gasteiger partial charge in [-0.15, -0.1) is 12.4 Å². The zero-order valence-corrected chi connectivity index (χ0v) is 12.8. The van der Waals surface area contributed by atoms with Crippen LogP contribution in [0.4, 0.5) is 0 Å². The summed E-state index contributed by atoms with van der Waals surface area (Å²) in [5.74, 6) is 1.20. The summed E-state index contributed by atoms with van der Waals surface area (Å²) in [5, 5.41) is 4.75. The van der Waals surface area contributed by atoms with Crippen LogP contribution in [0.2, 0.25) is 15.1 Å². The number of benzene rings is 1. The van der Waals surface area contributed by atoms with E-state index in [0.717, 1.165) is 25.9 Å². The van der Waals surface area contributed by atoms with Crippen molar-refractivity contribution >= 4 is 47.2 Å². The maximum Gasteiger partial charge on any atom is 0.139 e. The van der Waals surface area contributed by atoms with E-state index in [2.05, 4.69) is 5.32 Å². The Labute approximate surface area is 128 Å². The topological polar surface area (TPSA) is 21.3 Å². The Hall–Kier alpha value is 0.140. The van der Waals surface area contributed by atoms with Crippen molar-refractivity contribution in [1.82, 2.24) is 5.32 Å². The van der Waals surface area contributed by atoms with E-state index in [0.29, 0.717) is 33.3 Å². The van der Waals surface area contributed by atoms with Crippen molar-refractivity contribution in [2.45, 2.75) is 12.8 Å². The molecule has 1 aliphatic heterocycles. The minimum absolute atomic E-state index is 0. The van der Waals surface area contributed by atoms with Crippen molar-refractivity contribution in [3.8, 4) is 5.75 Å². The smallest absolute Gasteiger partial charge is 0.139 e. The standard InChI is InChI=1S/C12H14Cl3NO.ClH/c13-9-5-11(15)12(6-10(9)14)17-7-8-1-3-16-4-2-8;/h5-6,8,16H,1-4,7H2;1H. The molecule has 0 bridgehead atoms. The van der Waals surface area contributed by atoms with Gasteiger partial charge in [0.15, 0.2) is 0 Å². The first-order valence-corrected chi connectivity index (χ1v) is 6.78. The van der Waals surface area contributed by atoms with Gasteiger partial charge in [-0.2, -0.15) is 0 Å². The maximum absolute atomic E-state index is 6.04. The van der Waals surface area contributed by atoms with Crippen molar-refractivity contribution in [3.63, 3.8) is 0 Å². The largest absolute Gasteiger partial charge is 0.492 e. The lowest BCUT2D eigenvalue weighted by molar-refractivity contribution is 0.215. The zero-order valence-electron chi connectivity index (χ0n) is 9.72. The van der Waals surface area contributed by atoms with E-state index < -0.39 is 0 Å². The number of hydrogen-bond donors (Lipinski definition) is 1. The molecule has 0 radical (unpaired) electrons. The Morgan fingerprint density at radius 3 is 2.33 bits per heavy atom. The van der Waals surface area contributed by atoms with Crippen LogP contribution in [0.15, 0.2) is 12.1 Å². The summed E-state index contributed by atoms with van der Waals surface area (Å²) in [6.07, 6.45) is 2.28. The van der Waals surface area contributed by atoms with Gasteiger partial charge in [0.1, 0.15) is 5.75 Å². The summed E-state index contributed by atoms with van der Waals surface area (Å²) in [7, 11) is 0. The Morgan fingerprint density at radius 1 is 1.06 bits per heavy atom. The number of halogens is 4. The molecule has 1 N–H and O–H groups in total. The second-order valence-corrected chi connectivity index (χ2v) is 5.42. The van der Waals surface area contributed by atoms with Crippen LogP contribution in [0.1, 0.15) is 12.8 Å². The van der Waals surface area contributed by atoms with Crippen LogP contribution in [0.3, 0.4) is 0 Å². The minimum Gasteiger partial charge on any atom is -0.492 e. The van der Waals surface area contributed by atoms with Gasteiger partial charge in [-0.05, 0) is 37.9 Å². The molecule has 0 aromatic heterocycles. The first kappa shape index (κ1) is 16.2. The fourth-order valence-electron chi connectivity index (χ4n) is 1.87. The fourth-order valence-corrected chi connectivity index (χ4v) is 2.46. The van der Waals surface area contributed by atoms with Gasteiger partial charge < -0.3 is 10.1 Å². The molecule has 0 aliphatic carbocycles. The second kappa shape index (κ2) is 7.66. The second-order valence-electron chi connectivity index (χ2n) is 4.20. The number of hydrogen-bond acceptors (Lipinski definition) is 2. The summed E-state index contributed by atoms with van der Waals surface area (Å²) >= 11 is 17.8. The van der Waals surface area contributed by atoms with Crippen molar-refractivity contribution in [3.05, 3.63) is 27.2 Å². The molecule has 0 unspecified atom stereocenters. The number of piperidine rings is 1. The molecule has 18 heavy (non-hydrogen) atoms. The lowest BCUT2D eigenvalue weighted by atomic mass is 9.99. The normalized spacial score (nSPS) is 16.2. The molecule has 1 aliphatic rings. The van der Waals surface area contributed by atoms with Crippen LogP contribution in [0.5, 0.6) is 5.75 Å². The average molecular weight is 331 g/mol. The Balaban J connectivity index is 0.00000162. The third-order valence-corrected chi connectivity index (χ3v) is 3.93. The van der Waals surface area contributed by atoms with Crippen molar-refractivity contribution in [1.29, 1.82) is 0 Å². The molecule has 1 heterocycles. The zero-order chi connectivity index (χ0) is 12.3. The number of nitrogens with one attached hydrogen (secondary N) is 1. The lowest BCUT2D eigenvalue weighted by Gasteiger charge is -2.23. The van der Waals surface area contributed by atoms with Gasteiger partial charge in [0.05, 0.1) is 21.7 Å². The van der Waals surface area contributed by atoms with Crippen LogP contribution in [-0.2, 0) is 0 Å². The summed E-state index contributed by atoms with van der Waals surface area (Å²) in [5.41, 5.74) is 0. The number of rotatable bonds is 3. The monoisotopic (exact) mass is 329 g/mol. The molecular weight excluding hydrogens is 316 g/mol. The Bertz CT molecular complexity index is 394. The van der Waals surface area contributed by atoms with Crippen molar-refractivity contribution in [2.75, 3.05) is 19.7 Å². The van der Waals surface area contributed by atoms with Gasteiger partial charge in [0.2, 0.25) is 0 Å². The van der Waals surface area contributed by atoms with Crippen molar-refractivity contribution in [2.24, 2.45) is 5.92 Å². The molecule has 0 spiro atoms. The van der Waals surface area contributed by atoms with Crippen LogP contribution in [0, 0.1) is 5.92 Å². The molecule has 0 saturated carbocycles. The van der Waals surface area contributed by atoms with E-state index in [1.54, 1.807) is 12.1 Å². The van der Waals surface area contributed by atoms with E-state index >= 15 is 0 Å². The SMILES string of the molecule is Cl.Clc1cc(Cl)c(OCC2CCNCC2)cc1Cl. The first-order valence-electron chi connectivity index (χ1n) is 5.65. The van der Waals surface area contributed by atoms with Crippen LogP contribution in [0.25, 0.3) is 0 Å². The highest BCUT2D eigenvalue weighted by atomic mass is 35.5. The van der Waals surface area contributed by atoms with Crippen LogP contribution < -0.4 is 10.1 Å². The highest BCUT2D eigenvalue weighted by Crippen LogP contribution is 2.34. The molecule has 2 rings (SSSR count). The van der Waals surface area contributed by atoms with Gasteiger partial charge in [-0.1, -0.05) is 34.8 Å². The summed E-state index contributed by atoms with van der Waals surface area (Å²) in [6.45, 7) is 2.80. The summed E-state index contributed by atoms with van der Waals surface area (Å²) in [4.78, 5) is 0. The van der Waals surface area contributed by atoms with E-state index in [1.807, 2.05) is 0 Å². The van der Waals surface area contributed by atoms with Crippen molar-refractivity contribution < 1.29 is 4.74 Å². The van der Waals surface area contributed by atoms with Gasteiger partial charge >= 0.3 is 0 Å². The Kier molecular flexibility index (Phi) is 6.89. The third-order valence-electron chi connectivity index (χ3n) is 2.91. The van der Waals surface area contributed by atoms with Gasteiger partial charge in [0.25, 0.3) is 0 Å². The van der Waals surface area contributed by atoms with E-state index in [9.17, 15) is 0 Å². The lowest BCUT2D eigenvalue weighted by Crippen LogP contribution is -2.30. The summed E-state index contributed by atoms with van der Waals surface area (Å²) in [6, 6.07) is 3.29. The Morgan fingerprint density at radius 2 is 1.67 bits per heavy atom. The molecule has 1 aromatic carbocycles. The van der Waals surface area contributed by atoms with E-state index in [1.165, 1.54) is 0 Å². The number of ether oxygens (including phenoxy) is 1. The molecule has 6 heteroatoms. The van der Waals surface area contributed by atoms with Crippen LogP contribution >= 0.6 is 47.2 Å². The third kappa shape index (κ3) is 4.36. The van der Waals surface area contributed by atoms with E-state index in [4.69, 9.17) is 39.5 Å². The summed E-state index contributed by atoms with van der Waals surface area (Å²) < 4.78 is 5.71. The average Bonchev–Trinajstić information content (AvgIpc) is 2.33. The molecule has 0 amide bonds. The molecule has 1 fully saturated rings. The maximum atomic E-state index is 6.04. The minimum atomic E-state index is 0. The van der Waals surface area contributed by atoms with Crippen LogP contribution in [-0.4, -0.2) is 19.7 Å². The molecule has 1 saturated heterocycles. The van der Waals surface area contributed by atoms with Gasteiger partial charge in [-0.3, -0.25) is 0 Å². The van der Waals surface area contributed by atoms with Gasteiger partial charge in [0, 0.05) is 6.07 Å². The molecule has 102 valence electrons. The molecule has 1 aromatic rings. The molecule has 0 atom stereocenters. The predicted octanol–water partition coefficient (Wildman–Crippen LogP) is 4.45. The van der Waals surface area contributed by atoms with Gasteiger partial charge in [-0.25, -0.2) is 0 Å². The predicted molar refractivity (Wildman–Crippen MR) is 79.8 cm³/mol.